The summed E-state index contributed by atoms with van der Waals surface area (Å²) in [5.41, 5.74) is 13.7. The van der Waals surface area contributed by atoms with Crippen LogP contribution in [0.1, 0.15) is 29.2 Å². The Morgan fingerprint density at radius 3 is 2.42 bits per heavy atom. The first-order valence-corrected chi connectivity index (χ1v) is 12.3. The lowest BCUT2D eigenvalue weighted by Gasteiger charge is -2.33. The molecule has 11 heteroatoms. The maximum absolute atomic E-state index is 13.0. The average molecular weight is 508 g/mol. The van der Waals surface area contributed by atoms with Gasteiger partial charge < -0.3 is 21.1 Å². The number of carbonyl (C=O) groups is 1. The summed E-state index contributed by atoms with van der Waals surface area (Å²) < 4.78 is 7.74. The molecule has 6 rings (SSSR count). The van der Waals surface area contributed by atoms with Crippen molar-refractivity contribution in [3.05, 3.63) is 78.8 Å². The molecule has 2 aromatic carbocycles. The number of hydrogen-bond donors (Lipinski definition) is 2. The van der Waals surface area contributed by atoms with E-state index in [1.54, 1.807) is 11.1 Å². The number of benzene rings is 2. The van der Waals surface area contributed by atoms with Crippen molar-refractivity contribution in [3.63, 3.8) is 0 Å². The van der Waals surface area contributed by atoms with E-state index in [-0.39, 0.29) is 17.9 Å². The van der Waals surface area contributed by atoms with Gasteiger partial charge in [0.25, 0.3) is 5.91 Å². The molecule has 0 spiro atoms. The van der Waals surface area contributed by atoms with Gasteiger partial charge in [0.1, 0.15) is 17.3 Å². The lowest BCUT2D eigenvalue weighted by Crippen LogP contribution is -2.41. The number of hydrogen-bond acceptors (Lipinski definition) is 9. The van der Waals surface area contributed by atoms with Crippen molar-refractivity contribution in [2.24, 2.45) is 0 Å². The fraction of sp³-hybridized carbons (Fsp3) is 0.185. The van der Waals surface area contributed by atoms with Gasteiger partial charge in [-0.15, -0.1) is 0 Å². The number of amides is 1. The zero-order valence-electron chi connectivity index (χ0n) is 20.4. The van der Waals surface area contributed by atoms with Crippen LogP contribution in [0.4, 0.5) is 11.8 Å². The molecule has 4 heterocycles. The molecule has 1 atom stereocenters. The maximum Gasteiger partial charge on any atom is 0.257 e. The zero-order valence-corrected chi connectivity index (χ0v) is 20.4. The van der Waals surface area contributed by atoms with E-state index in [0.29, 0.717) is 47.1 Å². The van der Waals surface area contributed by atoms with Gasteiger partial charge in [0.05, 0.1) is 23.2 Å². The third kappa shape index (κ3) is 4.57. The van der Waals surface area contributed by atoms with Crippen LogP contribution in [0.2, 0.25) is 0 Å². The Balaban J connectivity index is 1.26. The van der Waals surface area contributed by atoms with Crippen LogP contribution in [0.15, 0.2) is 73.2 Å². The number of anilines is 2. The predicted octanol–water partition coefficient (Wildman–Crippen LogP) is 3.72. The number of piperidine rings is 1. The van der Waals surface area contributed by atoms with Crippen molar-refractivity contribution in [1.29, 1.82) is 0 Å². The van der Waals surface area contributed by atoms with Gasteiger partial charge in [0.15, 0.2) is 11.5 Å². The lowest BCUT2D eigenvalue weighted by molar-refractivity contribution is 0.0674. The number of nitrogens with two attached hydrogens (primary N) is 2. The van der Waals surface area contributed by atoms with Crippen LogP contribution in [-0.4, -0.2) is 53.6 Å². The number of nitrogen functional groups attached to an aromatic ring is 2. The second-order valence-electron chi connectivity index (χ2n) is 9.08. The first-order valence-electron chi connectivity index (χ1n) is 12.3. The van der Waals surface area contributed by atoms with Crippen LogP contribution >= 0.6 is 0 Å². The Morgan fingerprint density at radius 2 is 1.66 bits per heavy atom. The van der Waals surface area contributed by atoms with Gasteiger partial charge in [-0.3, -0.25) is 4.79 Å². The monoisotopic (exact) mass is 507 g/mol. The molecule has 3 aromatic heterocycles. The van der Waals surface area contributed by atoms with Crippen LogP contribution in [0, 0.1) is 0 Å². The molecule has 1 saturated heterocycles. The highest BCUT2D eigenvalue weighted by Crippen LogP contribution is 2.30. The Kier molecular flexibility index (Phi) is 6.00. The molecule has 1 aliphatic heterocycles. The molecule has 1 amide bonds. The first kappa shape index (κ1) is 23.3. The summed E-state index contributed by atoms with van der Waals surface area (Å²) in [5, 5.41) is 5.26. The number of aromatic nitrogens is 6. The van der Waals surface area contributed by atoms with Crippen molar-refractivity contribution < 1.29 is 9.53 Å². The van der Waals surface area contributed by atoms with Crippen LogP contribution < -0.4 is 16.2 Å². The molecule has 0 unspecified atom stereocenters. The molecule has 0 saturated carbocycles. The number of rotatable bonds is 5. The van der Waals surface area contributed by atoms with Gasteiger partial charge in [0.2, 0.25) is 5.95 Å². The van der Waals surface area contributed by atoms with E-state index in [2.05, 4.69) is 20.1 Å². The number of likely N-dealkylation sites (tertiary alicyclic amines) is 1. The summed E-state index contributed by atoms with van der Waals surface area (Å²) in [7, 11) is 0. The molecule has 0 radical (unpaired) electrons. The third-order valence-corrected chi connectivity index (χ3v) is 6.52. The second kappa shape index (κ2) is 9.77. The second-order valence-corrected chi connectivity index (χ2v) is 9.08. The molecular formula is C27H25N9O2. The molecule has 5 aromatic rings. The van der Waals surface area contributed by atoms with Crippen molar-refractivity contribution in [2.75, 3.05) is 24.6 Å². The minimum atomic E-state index is -0.140. The summed E-state index contributed by atoms with van der Waals surface area (Å²) >= 11 is 0. The minimum Gasteiger partial charge on any atom is -0.457 e. The summed E-state index contributed by atoms with van der Waals surface area (Å²) in [5.74, 6) is 2.30. The van der Waals surface area contributed by atoms with Crippen LogP contribution in [-0.2, 0) is 0 Å². The fourth-order valence-corrected chi connectivity index (χ4v) is 4.61. The van der Waals surface area contributed by atoms with Crippen molar-refractivity contribution >= 4 is 28.7 Å². The van der Waals surface area contributed by atoms with E-state index in [9.17, 15) is 4.79 Å². The van der Waals surface area contributed by atoms with Gasteiger partial charge in [-0.1, -0.05) is 18.2 Å². The summed E-state index contributed by atoms with van der Waals surface area (Å²) in [6.45, 7) is 1.11. The molecule has 38 heavy (non-hydrogen) atoms. The largest absolute Gasteiger partial charge is 0.457 e. The van der Waals surface area contributed by atoms with Crippen LogP contribution in [0.25, 0.3) is 22.4 Å². The average Bonchev–Trinajstić information content (AvgIpc) is 3.39. The van der Waals surface area contributed by atoms with Crippen LogP contribution in [0.5, 0.6) is 11.5 Å². The van der Waals surface area contributed by atoms with E-state index >= 15 is 0 Å². The van der Waals surface area contributed by atoms with E-state index in [0.717, 1.165) is 24.2 Å². The Bertz CT molecular complexity index is 1590. The number of fused-ring (bicyclic) bond motifs is 1. The van der Waals surface area contributed by atoms with Gasteiger partial charge in [-0.25, -0.2) is 24.6 Å². The molecule has 0 aliphatic carbocycles. The Hall–Kier alpha value is -5.06. The molecule has 190 valence electrons. The van der Waals surface area contributed by atoms with Gasteiger partial charge in [-0.2, -0.15) is 5.10 Å². The molecule has 1 aliphatic rings. The maximum atomic E-state index is 13.0. The number of carbonyl (C=O) groups excluding carboxylic acids is 1. The third-order valence-electron chi connectivity index (χ3n) is 6.52. The van der Waals surface area contributed by atoms with E-state index in [1.807, 2.05) is 59.3 Å². The smallest absolute Gasteiger partial charge is 0.257 e. The molecule has 0 bridgehead atoms. The highest BCUT2D eigenvalue weighted by Gasteiger charge is 2.28. The summed E-state index contributed by atoms with van der Waals surface area (Å²) in [4.78, 5) is 32.1. The number of para-hydroxylation sites is 1. The quantitative estimate of drug-likeness (QED) is 0.363. The molecule has 11 nitrogen and oxygen atoms in total. The van der Waals surface area contributed by atoms with Crippen molar-refractivity contribution in [3.8, 4) is 22.9 Å². The fourth-order valence-electron chi connectivity index (χ4n) is 4.61. The highest BCUT2D eigenvalue weighted by molar-refractivity contribution is 5.94. The van der Waals surface area contributed by atoms with E-state index < -0.39 is 0 Å². The van der Waals surface area contributed by atoms with Crippen LogP contribution in [0.3, 0.4) is 0 Å². The Labute approximate surface area is 218 Å². The number of ether oxygens (including phenoxy) is 1. The summed E-state index contributed by atoms with van der Waals surface area (Å²) in [6, 6.07) is 17.1. The van der Waals surface area contributed by atoms with E-state index in [1.165, 1.54) is 12.4 Å². The molecule has 4 N–H and O–H groups in total. The highest BCUT2D eigenvalue weighted by atomic mass is 16.5. The molecular weight excluding hydrogens is 482 g/mol. The summed E-state index contributed by atoms with van der Waals surface area (Å²) in [6.07, 6.45) is 6.26. The first-order chi connectivity index (χ1) is 18.5. The van der Waals surface area contributed by atoms with Gasteiger partial charge in [0, 0.05) is 31.0 Å². The zero-order chi connectivity index (χ0) is 26.1. The van der Waals surface area contributed by atoms with Crippen molar-refractivity contribution in [1.82, 2.24) is 34.6 Å². The Morgan fingerprint density at radius 1 is 0.921 bits per heavy atom. The van der Waals surface area contributed by atoms with Gasteiger partial charge >= 0.3 is 0 Å². The molecule has 1 fully saturated rings. The van der Waals surface area contributed by atoms with Crippen molar-refractivity contribution in [2.45, 2.75) is 18.9 Å². The van der Waals surface area contributed by atoms with E-state index in [4.69, 9.17) is 21.2 Å². The lowest BCUT2D eigenvalue weighted by atomic mass is 10.0. The number of nitrogens with zero attached hydrogens (tertiary/aromatic N) is 7. The van der Waals surface area contributed by atoms with Gasteiger partial charge in [-0.05, 0) is 49.2 Å². The predicted molar refractivity (Wildman–Crippen MR) is 142 cm³/mol. The topological polar surface area (TPSA) is 151 Å². The minimum absolute atomic E-state index is 0.0660. The normalized spacial score (nSPS) is 15.5. The SMILES string of the molecule is Nc1ncc(C(=O)N2CCC[C@@H](n3ncc4c(N)nc(-c5ccc(Oc6ccccc6)cc5)nc43)C2)cn1. The standard InChI is InChI=1S/C27H25N9O2/c28-23-22-15-32-36(19-5-4-12-35(16-19)26(37)18-13-30-27(29)31-14-18)25(22)34-24(33-23)17-8-10-21(11-9-17)38-20-6-2-1-3-7-20/h1-3,6-11,13-15,19H,4-5,12,16H2,(H2,28,33,34)(H2,29,30,31)/t19-/m1/s1.